The Morgan fingerprint density at radius 1 is 0.700 bits per heavy atom. The molecule has 0 amide bonds. The van der Waals surface area contributed by atoms with Crippen molar-refractivity contribution in [3.8, 4) is 5.75 Å². The number of quaternary nitrogens is 1. The summed E-state index contributed by atoms with van der Waals surface area (Å²) in [6.45, 7) is 6.32. The molecule has 4 heteroatoms. The fourth-order valence-corrected chi connectivity index (χ4v) is 5.46. The summed E-state index contributed by atoms with van der Waals surface area (Å²) in [6, 6.07) is 18.8. The molecule has 0 saturated carbocycles. The summed E-state index contributed by atoms with van der Waals surface area (Å²) < 4.78 is 12.4. The lowest BCUT2D eigenvalue weighted by Gasteiger charge is -2.36. The molecule has 0 saturated heterocycles. The van der Waals surface area contributed by atoms with Gasteiger partial charge in [0.1, 0.15) is 12.3 Å². The molecule has 1 atom stereocenters. The molecule has 2 rings (SSSR count). The number of carbonyl (C=O) groups excluding carboxylic acids is 1. The molecule has 0 heterocycles. The van der Waals surface area contributed by atoms with Crippen LogP contribution in [-0.2, 0) is 22.5 Å². The van der Waals surface area contributed by atoms with Crippen LogP contribution in [0.15, 0.2) is 54.6 Å². The maximum absolute atomic E-state index is 13.0. The fourth-order valence-electron chi connectivity index (χ4n) is 5.46. The van der Waals surface area contributed by atoms with Gasteiger partial charge in [-0.15, -0.1) is 0 Å². The van der Waals surface area contributed by atoms with Gasteiger partial charge in [-0.2, -0.15) is 0 Å². The van der Waals surface area contributed by atoms with Gasteiger partial charge in [0.15, 0.2) is 6.04 Å². The number of aryl methyl sites for hydroxylation is 1. The highest BCUT2D eigenvalue weighted by molar-refractivity contribution is 5.74. The van der Waals surface area contributed by atoms with Crippen molar-refractivity contribution in [1.29, 1.82) is 0 Å². The highest BCUT2D eigenvalue weighted by Crippen LogP contribution is 2.20. The monoisotopic (exact) mass is 552 g/mol. The van der Waals surface area contributed by atoms with Gasteiger partial charge in [-0.05, 0) is 49.8 Å². The van der Waals surface area contributed by atoms with E-state index in [9.17, 15) is 4.79 Å². The lowest BCUT2D eigenvalue weighted by molar-refractivity contribution is -0.920. The number of ether oxygens (including phenoxy) is 2. The number of hydrogen-bond donors (Lipinski definition) is 0. The Bertz CT molecular complexity index is 911. The molecule has 0 aromatic heterocycles. The topological polar surface area (TPSA) is 35.5 Å². The average molecular weight is 553 g/mol. The van der Waals surface area contributed by atoms with Crippen molar-refractivity contribution in [2.24, 2.45) is 0 Å². The largest absolute Gasteiger partial charge is 0.494 e. The summed E-state index contributed by atoms with van der Waals surface area (Å²) in [6.07, 6.45) is 18.3. The maximum atomic E-state index is 13.0. The van der Waals surface area contributed by atoms with E-state index in [1.807, 2.05) is 12.1 Å². The molecule has 4 nitrogen and oxygen atoms in total. The van der Waals surface area contributed by atoms with Gasteiger partial charge in [0.2, 0.25) is 0 Å². The second-order valence-electron chi connectivity index (χ2n) is 12.0. The van der Waals surface area contributed by atoms with Gasteiger partial charge in [0.25, 0.3) is 0 Å². The predicted molar refractivity (Wildman–Crippen MR) is 169 cm³/mol. The molecule has 1 unspecified atom stereocenters. The van der Waals surface area contributed by atoms with Crippen LogP contribution in [0.4, 0.5) is 0 Å². The van der Waals surface area contributed by atoms with E-state index in [1.54, 1.807) is 0 Å². The van der Waals surface area contributed by atoms with Crippen LogP contribution in [0, 0.1) is 0 Å². The van der Waals surface area contributed by atoms with Gasteiger partial charge in [0.05, 0.1) is 27.3 Å². The first kappa shape index (κ1) is 33.9. The molecular formula is C36H58NO3+. The Hall–Kier alpha value is -2.33. The Labute approximate surface area is 246 Å². The molecule has 0 fully saturated rings. The van der Waals surface area contributed by atoms with Crippen LogP contribution in [0.25, 0.3) is 0 Å². The number of benzene rings is 2. The van der Waals surface area contributed by atoms with Crippen LogP contribution in [0.5, 0.6) is 5.75 Å². The van der Waals surface area contributed by atoms with Crippen LogP contribution in [-0.4, -0.2) is 43.8 Å². The number of nitrogens with zero attached hydrogens (tertiary/aromatic N) is 1. The third-order valence-electron chi connectivity index (χ3n) is 7.88. The second-order valence-corrected chi connectivity index (χ2v) is 12.0. The van der Waals surface area contributed by atoms with E-state index in [0.717, 1.165) is 44.4 Å². The normalized spacial score (nSPS) is 12.3. The molecule has 0 bridgehead atoms. The van der Waals surface area contributed by atoms with Crippen molar-refractivity contribution in [3.63, 3.8) is 0 Å². The van der Waals surface area contributed by atoms with Crippen molar-refractivity contribution in [2.45, 2.75) is 123 Å². The Morgan fingerprint density at radius 3 is 2.00 bits per heavy atom. The number of rotatable bonds is 23. The fraction of sp³-hybridized carbons (Fsp3) is 0.639. The zero-order valence-corrected chi connectivity index (χ0v) is 26.2. The van der Waals surface area contributed by atoms with Crippen LogP contribution in [0.3, 0.4) is 0 Å². The average Bonchev–Trinajstić information content (AvgIpc) is 2.95. The van der Waals surface area contributed by atoms with E-state index >= 15 is 0 Å². The maximum Gasteiger partial charge on any atom is 0.364 e. The molecule has 40 heavy (non-hydrogen) atoms. The van der Waals surface area contributed by atoms with Crippen molar-refractivity contribution in [3.05, 3.63) is 65.7 Å². The summed E-state index contributed by atoms with van der Waals surface area (Å²) in [5.74, 6) is 0.868. The highest BCUT2D eigenvalue weighted by Gasteiger charge is 2.35. The summed E-state index contributed by atoms with van der Waals surface area (Å²) in [5.41, 5.74) is 2.61. The molecule has 0 spiro atoms. The highest BCUT2D eigenvalue weighted by atomic mass is 16.5. The van der Waals surface area contributed by atoms with Gasteiger partial charge in [-0.1, -0.05) is 114 Å². The number of likely N-dealkylation sites (N-methyl/N-ethyl adjacent to an activating group) is 1. The van der Waals surface area contributed by atoms with E-state index < -0.39 is 0 Å². The van der Waals surface area contributed by atoms with E-state index in [0.29, 0.717) is 17.7 Å². The SMILES string of the molecule is CCCCCCCCCCCCc1cccc(OCCCCOC(=O)C(CCC)[N+](C)(C)Cc2ccccc2)c1. The zero-order valence-electron chi connectivity index (χ0n) is 26.2. The molecule has 0 aliphatic rings. The van der Waals surface area contributed by atoms with E-state index in [4.69, 9.17) is 9.47 Å². The molecule has 0 aliphatic carbocycles. The summed E-state index contributed by atoms with van der Waals surface area (Å²) in [4.78, 5) is 13.0. The minimum Gasteiger partial charge on any atom is -0.494 e. The Morgan fingerprint density at radius 2 is 1.32 bits per heavy atom. The standard InChI is InChI=1S/C36H58NO3/c1-5-7-8-9-10-11-12-13-14-16-23-32-26-21-27-34(30-32)39-28-19-20-29-40-36(38)35(22-6-2)37(3,4)31-33-24-17-15-18-25-33/h15,17-18,21,24-27,30,35H,5-14,16,19-20,22-23,28-29,31H2,1-4H3/q+1. The first-order chi connectivity index (χ1) is 19.5. The molecule has 2 aromatic carbocycles. The lowest BCUT2D eigenvalue weighted by atomic mass is 10.0. The third kappa shape index (κ3) is 14.3. The van der Waals surface area contributed by atoms with Gasteiger partial charge in [-0.25, -0.2) is 4.79 Å². The number of carbonyl (C=O) groups is 1. The molecule has 2 aromatic rings. The van der Waals surface area contributed by atoms with Gasteiger partial charge in [0, 0.05) is 12.0 Å². The number of hydrogen-bond acceptors (Lipinski definition) is 3. The van der Waals surface area contributed by atoms with E-state index in [2.05, 4.69) is 70.4 Å². The summed E-state index contributed by atoms with van der Waals surface area (Å²) in [5, 5.41) is 0. The van der Waals surface area contributed by atoms with Crippen LogP contribution in [0.1, 0.15) is 115 Å². The van der Waals surface area contributed by atoms with Crippen molar-refractivity contribution in [2.75, 3.05) is 27.3 Å². The smallest absolute Gasteiger partial charge is 0.364 e. The first-order valence-corrected chi connectivity index (χ1v) is 16.2. The van der Waals surface area contributed by atoms with Crippen LogP contribution >= 0.6 is 0 Å². The molecule has 0 aliphatic heterocycles. The molecule has 0 N–H and O–H groups in total. The summed E-state index contributed by atoms with van der Waals surface area (Å²) >= 11 is 0. The molecule has 0 radical (unpaired) electrons. The van der Waals surface area contributed by atoms with Gasteiger partial charge < -0.3 is 14.0 Å². The van der Waals surface area contributed by atoms with E-state index in [1.165, 1.54) is 75.3 Å². The third-order valence-corrected chi connectivity index (χ3v) is 7.88. The molecular weight excluding hydrogens is 494 g/mol. The minimum absolute atomic E-state index is 0.0802. The summed E-state index contributed by atoms with van der Waals surface area (Å²) in [7, 11) is 4.26. The van der Waals surface area contributed by atoms with Crippen molar-refractivity contribution in [1.82, 2.24) is 0 Å². The predicted octanol–water partition coefficient (Wildman–Crippen LogP) is 9.30. The van der Waals surface area contributed by atoms with Gasteiger partial charge in [-0.3, -0.25) is 0 Å². The Kier molecular flexibility index (Phi) is 17.4. The van der Waals surface area contributed by atoms with Crippen molar-refractivity contribution < 1.29 is 18.8 Å². The first-order valence-electron chi connectivity index (χ1n) is 16.2. The zero-order chi connectivity index (χ0) is 28.9. The van der Waals surface area contributed by atoms with Crippen LogP contribution < -0.4 is 4.74 Å². The van der Waals surface area contributed by atoms with Crippen LogP contribution in [0.2, 0.25) is 0 Å². The Balaban J connectivity index is 1.60. The minimum atomic E-state index is -0.153. The lowest BCUT2D eigenvalue weighted by Crippen LogP contribution is -2.52. The number of unbranched alkanes of at least 4 members (excludes halogenated alkanes) is 10. The quantitative estimate of drug-likeness (QED) is 0.0783. The van der Waals surface area contributed by atoms with Gasteiger partial charge >= 0.3 is 5.97 Å². The number of esters is 1. The second kappa shape index (κ2) is 20.5. The van der Waals surface area contributed by atoms with E-state index in [-0.39, 0.29) is 12.0 Å². The molecule has 224 valence electrons. The van der Waals surface area contributed by atoms with Crippen molar-refractivity contribution >= 4 is 5.97 Å².